The third-order valence-electron chi connectivity index (χ3n) is 9.78. The summed E-state index contributed by atoms with van der Waals surface area (Å²) in [7, 11) is 0. The molecule has 1 unspecified atom stereocenters. The van der Waals surface area contributed by atoms with Crippen LogP contribution in [0.2, 0.25) is 0 Å². The summed E-state index contributed by atoms with van der Waals surface area (Å²) < 4.78 is 38.7. The van der Waals surface area contributed by atoms with Crippen LogP contribution in [0, 0.1) is 29.6 Å². The quantitative estimate of drug-likeness (QED) is 0.171. The minimum absolute atomic E-state index is 0.0340. The van der Waals surface area contributed by atoms with Crippen LogP contribution in [-0.4, -0.2) is 4.21 Å². The molecule has 0 aromatic heterocycles. The molecule has 0 bridgehead atoms. The maximum absolute atomic E-state index is 11.8. The van der Waals surface area contributed by atoms with Gasteiger partial charge in [-0.3, -0.25) is 12.2 Å². The number of allylic oxidation sites excluding steroid dienone is 8. The molecule has 7 rings (SSSR count). The van der Waals surface area contributed by atoms with Crippen molar-refractivity contribution in [3.8, 4) is 11.1 Å². The van der Waals surface area contributed by atoms with Gasteiger partial charge < -0.3 is 0 Å². The van der Waals surface area contributed by atoms with Gasteiger partial charge in [0.25, 0.3) is 0 Å². The SMILES string of the molecule is CC1=[C-]C(C)(C)c2cc3c(cc21)-c1cc2c(cc1C3)C(C)(C)C=C2C.CCC1=[C-]C(C)C=C1C(C)(C)C.FC(F)(F)c1cc[c-]cc1.[CH2]=[Zr]. The summed E-state index contributed by atoms with van der Waals surface area (Å²) in [5, 5.41) is 0. The molecular weight excluding hydrogens is 689 g/mol. The Morgan fingerprint density at radius 3 is 1.90 bits per heavy atom. The average molecular weight is 739 g/mol. The Hall–Kier alpha value is -2.84. The van der Waals surface area contributed by atoms with E-state index in [9.17, 15) is 13.2 Å². The van der Waals surface area contributed by atoms with Gasteiger partial charge in [0.05, 0.1) is 0 Å². The monoisotopic (exact) mass is 737 g/mol. The van der Waals surface area contributed by atoms with Crippen LogP contribution in [0.25, 0.3) is 22.3 Å². The standard InChI is InChI=1S/C25H25.C12H19.C7H4F3.CH2.Zr/c1-14-12-24(3,4)22-8-16-7-17-9-23-19(15(2)13-25(23,5)6)11-21(17)20(16)10-18(14)22;1-6-10-7-9(2)8-11(10)12(3,4)5;8-7(9,10)6-4-2-1-3-5-6;;/h8-12H,7H2,1-6H3;8-9H,6H2,1-5H3;2-5H;1H2;/q3*-1;;. The zero-order valence-corrected chi connectivity index (χ0v) is 33.6. The molecule has 0 nitrogen and oxygen atoms in total. The fourth-order valence-electron chi connectivity index (χ4n) is 7.59. The molecule has 0 aliphatic heterocycles. The number of halogens is 3. The zero-order valence-electron chi connectivity index (χ0n) is 31.1. The Morgan fingerprint density at radius 1 is 0.857 bits per heavy atom. The fourth-order valence-corrected chi connectivity index (χ4v) is 7.59. The van der Waals surface area contributed by atoms with Crippen molar-refractivity contribution in [2.45, 2.75) is 106 Å². The van der Waals surface area contributed by atoms with Gasteiger partial charge in [-0.15, -0.1) is 11.6 Å². The number of rotatable bonds is 1. The van der Waals surface area contributed by atoms with E-state index in [1.54, 1.807) is 0 Å². The van der Waals surface area contributed by atoms with E-state index in [0.29, 0.717) is 11.3 Å². The molecule has 49 heavy (non-hydrogen) atoms. The molecule has 1 atom stereocenters. The molecule has 0 heterocycles. The van der Waals surface area contributed by atoms with Gasteiger partial charge in [0.15, 0.2) is 0 Å². The van der Waals surface area contributed by atoms with E-state index in [-0.39, 0.29) is 10.8 Å². The van der Waals surface area contributed by atoms with E-state index in [1.165, 1.54) is 103 Å². The maximum atomic E-state index is 11.8. The van der Waals surface area contributed by atoms with Crippen molar-refractivity contribution in [1.82, 2.24) is 0 Å². The molecule has 0 saturated carbocycles. The first-order valence-electron chi connectivity index (χ1n) is 17.1. The Kier molecular flexibility index (Phi) is 11.5. The Labute approximate surface area is 308 Å². The zero-order chi connectivity index (χ0) is 36.7. The van der Waals surface area contributed by atoms with Crippen LogP contribution in [0.1, 0.15) is 122 Å². The second kappa shape index (κ2) is 14.4. The number of hydrogen-bond donors (Lipinski definition) is 0. The predicted octanol–water partition coefficient (Wildman–Crippen LogP) is 12.7. The second-order valence-electron chi connectivity index (χ2n) is 15.6. The summed E-state index contributed by atoms with van der Waals surface area (Å²) in [5.74, 6) is 0.522. The molecule has 258 valence electrons. The summed E-state index contributed by atoms with van der Waals surface area (Å²) >= 11 is 1.30. The van der Waals surface area contributed by atoms with Gasteiger partial charge in [-0.1, -0.05) is 116 Å². The minimum atomic E-state index is -4.23. The molecule has 4 heteroatoms. The van der Waals surface area contributed by atoms with Crippen molar-refractivity contribution < 1.29 is 37.4 Å². The van der Waals surface area contributed by atoms with Crippen molar-refractivity contribution in [1.29, 1.82) is 0 Å². The van der Waals surface area contributed by atoms with Crippen LogP contribution in [-0.2, 0) is 47.7 Å². The summed E-state index contributed by atoms with van der Waals surface area (Å²) in [5.41, 5.74) is 17.1. The summed E-state index contributed by atoms with van der Waals surface area (Å²) in [6.07, 6.45) is 9.86. The van der Waals surface area contributed by atoms with Crippen LogP contribution in [0.5, 0.6) is 0 Å². The fraction of sp³-hybridized carbons (Fsp3) is 0.400. The first-order chi connectivity index (χ1) is 22.7. The number of benzene rings is 3. The van der Waals surface area contributed by atoms with Gasteiger partial charge in [-0.25, -0.2) is 11.1 Å². The molecule has 4 aliphatic carbocycles. The number of hydrogen-bond acceptors (Lipinski definition) is 0. The van der Waals surface area contributed by atoms with Gasteiger partial charge in [-0.2, -0.15) is 60.7 Å². The normalized spacial score (nSPS) is 18.8. The van der Waals surface area contributed by atoms with Gasteiger partial charge in [0, 0.05) is 5.41 Å². The molecule has 0 radical (unpaired) electrons. The molecule has 0 spiro atoms. The van der Waals surface area contributed by atoms with Crippen LogP contribution in [0.3, 0.4) is 0 Å². The van der Waals surface area contributed by atoms with Crippen molar-refractivity contribution in [2.24, 2.45) is 11.3 Å². The third kappa shape index (κ3) is 8.22. The van der Waals surface area contributed by atoms with Crippen LogP contribution in [0.4, 0.5) is 13.2 Å². The predicted molar refractivity (Wildman–Crippen MR) is 198 cm³/mol. The first kappa shape index (κ1) is 39.0. The Morgan fingerprint density at radius 2 is 1.41 bits per heavy atom. The molecule has 4 aliphatic rings. The van der Waals surface area contributed by atoms with Gasteiger partial charge in [0.1, 0.15) is 0 Å². The Balaban J connectivity index is 0.000000188. The topological polar surface area (TPSA) is 0 Å². The molecule has 0 fully saturated rings. The van der Waals surface area contributed by atoms with Crippen LogP contribution >= 0.6 is 0 Å². The summed E-state index contributed by atoms with van der Waals surface area (Å²) in [6.45, 7) is 24.9. The second-order valence-corrected chi connectivity index (χ2v) is 15.6. The summed E-state index contributed by atoms with van der Waals surface area (Å²) in [6, 6.07) is 16.8. The van der Waals surface area contributed by atoms with Gasteiger partial charge in [-0.05, 0) is 58.4 Å². The van der Waals surface area contributed by atoms with Gasteiger partial charge in [0.2, 0.25) is 0 Å². The average Bonchev–Trinajstić information content (AvgIpc) is 3.71. The molecule has 3 aromatic rings. The molecule has 3 aromatic carbocycles. The van der Waals surface area contributed by atoms with Crippen molar-refractivity contribution in [2.75, 3.05) is 0 Å². The van der Waals surface area contributed by atoms with E-state index in [1.807, 2.05) is 0 Å². The van der Waals surface area contributed by atoms with E-state index >= 15 is 0 Å². The number of alkyl halides is 3. The Bertz CT molecular complexity index is 1750. The molecular formula is C45H50F3Zr-3. The van der Waals surface area contributed by atoms with Crippen molar-refractivity contribution >= 4 is 15.4 Å². The van der Waals surface area contributed by atoms with E-state index in [2.05, 4.69) is 135 Å². The molecule has 0 saturated heterocycles. The summed E-state index contributed by atoms with van der Waals surface area (Å²) in [4.78, 5) is 0. The van der Waals surface area contributed by atoms with Crippen LogP contribution < -0.4 is 0 Å². The van der Waals surface area contributed by atoms with E-state index < -0.39 is 11.7 Å². The van der Waals surface area contributed by atoms with Crippen molar-refractivity contribution in [3.05, 3.63) is 129 Å². The van der Waals surface area contributed by atoms with E-state index in [4.69, 9.17) is 0 Å². The van der Waals surface area contributed by atoms with Crippen molar-refractivity contribution in [3.63, 3.8) is 0 Å². The van der Waals surface area contributed by atoms with Gasteiger partial charge >= 0.3 is 34.6 Å². The third-order valence-corrected chi connectivity index (χ3v) is 9.78. The first-order valence-corrected chi connectivity index (χ1v) is 18.9. The molecule has 0 N–H and O–H groups in total. The number of fused-ring (bicyclic) bond motifs is 5. The van der Waals surface area contributed by atoms with E-state index in [0.717, 1.165) is 25.0 Å². The molecule has 0 amide bonds. The van der Waals surface area contributed by atoms with Crippen LogP contribution in [0.15, 0.2) is 71.8 Å².